The van der Waals surface area contributed by atoms with Crippen LogP contribution in [-0.2, 0) is 0 Å². The number of hydrogen-bond acceptors (Lipinski definition) is 1. The Morgan fingerprint density at radius 3 is 1.64 bits per heavy atom. The second-order valence-corrected chi connectivity index (χ2v) is 6.06. The monoisotopic (exact) mass is 350 g/mol. The first-order valence-corrected chi connectivity index (χ1v) is 6.41. The summed E-state index contributed by atoms with van der Waals surface area (Å²) in [5, 5.41) is 10.0. The average molecular weight is 353 g/mol. The molecule has 11 heavy (non-hydrogen) atoms. The van der Waals surface area contributed by atoms with E-state index in [1.54, 1.807) is 0 Å². The maximum Gasteiger partial charge on any atom is 0.0516 e. The van der Waals surface area contributed by atoms with Crippen LogP contribution in [0.3, 0.4) is 0 Å². The van der Waals surface area contributed by atoms with E-state index in [9.17, 15) is 5.11 Å². The fraction of sp³-hybridized carbons (Fsp3) is 1.00. The Hall–Kier alpha value is 1.40. The summed E-state index contributed by atoms with van der Waals surface area (Å²) < 4.78 is 0. The van der Waals surface area contributed by atoms with Crippen LogP contribution in [0.25, 0.3) is 0 Å². The minimum Gasteiger partial charge on any atom is -0.396 e. The Bertz CT molecular complexity index is 100. The molecule has 1 N–H and O–H groups in total. The molecule has 0 spiro atoms. The zero-order chi connectivity index (χ0) is 9.07. The Balaban J connectivity index is 4.46. The van der Waals surface area contributed by atoms with Crippen LogP contribution in [0.15, 0.2) is 0 Å². The fourth-order valence-corrected chi connectivity index (χ4v) is 4.60. The maximum absolute atomic E-state index is 9.23. The van der Waals surface area contributed by atoms with Gasteiger partial charge in [-0.15, -0.1) is 0 Å². The van der Waals surface area contributed by atoms with Crippen LogP contribution in [0.1, 0.15) is 13.8 Å². The van der Waals surface area contributed by atoms with E-state index < -0.39 is 0 Å². The van der Waals surface area contributed by atoms with Crippen LogP contribution in [0.5, 0.6) is 0 Å². The van der Waals surface area contributed by atoms with Crippen molar-refractivity contribution >= 4 is 47.8 Å². The van der Waals surface area contributed by atoms with Gasteiger partial charge in [-0.2, -0.15) is 0 Å². The Labute approximate surface area is 93.3 Å². The first kappa shape index (κ1) is 12.4. The SMILES string of the molecule is CC(Br)C(CO)(CBr)C(C)Br. The fourth-order valence-electron chi connectivity index (χ4n) is 0.823. The van der Waals surface area contributed by atoms with Crippen molar-refractivity contribution in [2.45, 2.75) is 23.5 Å². The molecule has 0 heterocycles. The molecule has 4 heteroatoms. The van der Waals surface area contributed by atoms with Gasteiger partial charge in [-0.3, -0.25) is 0 Å². The molecule has 0 saturated heterocycles. The molecule has 2 unspecified atom stereocenters. The van der Waals surface area contributed by atoms with Gasteiger partial charge in [0.15, 0.2) is 0 Å². The molecule has 0 bridgehead atoms. The zero-order valence-corrected chi connectivity index (χ0v) is 11.4. The second-order valence-electron chi connectivity index (χ2n) is 2.76. The quantitative estimate of drug-likeness (QED) is 0.771. The van der Waals surface area contributed by atoms with Crippen LogP contribution in [0, 0.1) is 5.41 Å². The van der Waals surface area contributed by atoms with Gasteiger partial charge in [-0.05, 0) is 0 Å². The highest BCUT2D eigenvalue weighted by molar-refractivity contribution is 9.10. The van der Waals surface area contributed by atoms with E-state index in [0.29, 0.717) is 0 Å². The van der Waals surface area contributed by atoms with Gasteiger partial charge in [0.25, 0.3) is 0 Å². The van der Waals surface area contributed by atoms with E-state index in [1.165, 1.54) is 0 Å². The van der Waals surface area contributed by atoms with Crippen molar-refractivity contribution in [3.63, 3.8) is 0 Å². The van der Waals surface area contributed by atoms with Gasteiger partial charge in [-0.1, -0.05) is 61.6 Å². The molecule has 0 aromatic heterocycles. The smallest absolute Gasteiger partial charge is 0.0516 e. The van der Waals surface area contributed by atoms with Crippen molar-refractivity contribution < 1.29 is 5.11 Å². The number of alkyl halides is 3. The van der Waals surface area contributed by atoms with Gasteiger partial charge >= 0.3 is 0 Å². The normalized spacial score (nSPS) is 22.4. The zero-order valence-electron chi connectivity index (χ0n) is 6.65. The van der Waals surface area contributed by atoms with Gasteiger partial charge in [-0.25, -0.2) is 0 Å². The lowest BCUT2D eigenvalue weighted by Crippen LogP contribution is -2.42. The van der Waals surface area contributed by atoms with Crippen molar-refractivity contribution in [2.24, 2.45) is 5.41 Å². The lowest BCUT2D eigenvalue weighted by Gasteiger charge is -2.35. The molecule has 0 aromatic carbocycles. The van der Waals surface area contributed by atoms with Crippen LogP contribution in [0.4, 0.5) is 0 Å². The minimum atomic E-state index is -0.111. The molecule has 0 aliphatic carbocycles. The molecule has 0 fully saturated rings. The number of aliphatic hydroxyl groups is 1. The predicted molar refractivity (Wildman–Crippen MR) is 60.1 cm³/mol. The topological polar surface area (TPSA) is 20.2 Å². The Kier molecular flexibility index (Phi) is 5.86. The lowest BCUT2D eigenvalue weighted by atomic mass is 9.85. The summed E-state index contributed by atoms with van der Waals surface area (Å²) in [6, 6.07) is 0. The van der Waals surface area contributed by atoms with Crippen molar-refractivity contribution in [3.8, 4) is 0 Å². The largest absolute Gasteiger partial charge is 0.396 e. The molecule has 0 rings (SSSR count). The summed E-state index contributed by atoms with van der Waals surface area (Å²) >= 11 is 10.4. The van der Waals surface area contributed by atoms with E-state index in [2.05, 4.69) is 61.6 Å². The highest BCUT2D eigenvalue weighted by atomic mass is 79.9. The van der Waals surface area contributed by atoms with Gasteiger partial charge in [0, 0.05) is 20.4 Å². The minimum absolute atomic E-state index is 0.111. The summed E-state index contributed by atoms with van der Waals surface area (Å²) in [5.74, 6) is 0. The molecule has 0 aromatic rings. The van der Waals surface area contributed by atoms with Crippen molar-refractivity contribution in [3.05, 3.63) is 0 Å². The summed E-state index contributed by atoms with van der Waals surface area (Å²) in [5.41, 5.74) is -0.111. The third kappa shape index (κ3) is 2.68. The van der Waals surface area contributed by atoms with Crippen LogP contribution in [-0.4, -0.2) is 26.7 Å². The van der Waals surface area contributed by atoms with Crippen LogP contribution < -0.4 is 0 Å². The number of halogens is 3. The average Bonchev–Trinajstić information content (AvgIpc) is 1.90. The van der Waals surface area contributed by atoms with E-state index in [1.807, 2.05) is 0 Å². The van der Waals surface area contributed by atoms with Crippen LogP contribution >= 0.6 is 47.8 Å². The van der Waals surface area contributed by atoms with Crippen molar-refractivity contribution in [1.82, 2.24) is 0 Å². The summed E-state index contributed by atoms with van der Waals surface area (Å²) in [4.78, 5) is 0.572. The summed E-state index contributed by atoms with van der Waals surface area (Å²) in [7, 11) is 0. The summed E-state index contributed by atoms with van der Waals surface area (Å²) in [6.07, 6.45) is 0. The standard InChI is InChI=1S/C7H13Br3O/c1-5(9)7(3-8,4-11)6(2)10/h5-6,11H,3-4H2,1-2H3. The molecule has 68 valence electrons. The van der Waals surface area contributed by atoms with E-state index >= 15 is 0 Å². The lowest BCUT2D eigenvalue weighted by molar-refractivity contribution is 0.153. The van der Waals surface area contributed by atoms with Gasteiger partial charge in [0.1, 0.15) is 0 Å². The molecule has 0 radical (unpaired) electrons. The molecule has 0 aliphatic heterocycles. The highest BCUT2D eigenvalue weighted by Crippen LogP contribution is 2.37. The first-order valence-electron chi connectivity index (χ1n) is 3.46. The molecular formula is C7H13Br3O. The van der Waals surface area contributed by atoms with Crippen molar-refractivity contribution in [2.75, 3.05) is 11.9 Å². The van der Waals surface area contributed by atoms with Crippen molar-refractivity contribution in [1.29, 1.82) is 0 Å². The molecule has 1 nitrogen and oxygen atoms in total. The third-order valence-electron chi connectivity index (χ3n) is 2.13. The maximum atomic E-state index is 9.23. The molecule has 0 amide bonds. The molecule has 2 atom stereocenters. The third-order valence-corrected chi connectivity index (χ3v) is 5.00. The summed E-state index contributed by atoms with van der Waals surface area (Å²) in [6.45, 7) is 4.28. The Morgan fingerprint density at radius 1 is 1.27 bits per heavy atom. The number of hydrogen-bond donors (Lipinski definition) is 1. The van der Waals surface area contributed by atoms with E-state index in [4.69, 9.17) is 0 Å². The number of aliphatic hydroxyl groups excluding tert-OH is 1. The van der Waals surface area contributed by atoms with E-state index in [-0.39, 0.29) is 21.7 Å². The predicted octanol–water partition coefficient (Wildman–Crippen LogP) is 2.93. The highest BCUT2D eigenvalue weighted by Gasteiger charge is 2.37. The van der Waals surface area contributed by atoms with Crippen LogP contribution in [0.2, 0.25) is 0 Å². The van der Waals surface area contributed by atoms with Gasteiger partial charge in [0.05, 0.1) is 6.61 Å². The second kappa shape index (κ2) is 5.20. The molecular weight excluding hydrogens is 340 g/mol. The number of rotatable bonds is 4. The van der Waals surface area contributed by atoms with Gasteiger partial charge < -0.3 is 5.11 Å². The molecule has 0 aliphatic rings. The Morgan fingerprint density at radius 2 is 1.64 bits per heavy atom. The van der Waals surface area contributed by atoms with Gasteiger partial charge in [0.2, 0.25) is 0 Å². The first-order chi connectivity index (χ1) is 5.01. The van der Waals surface area contributed by atoms with E-state index in [0.717, 1.165) is 5.33 Å². The molecule has 0 saturated carbocycles.